The van der Waals surface area contributed by atoms with Crippen LogP contribution in [0, 0.1) is 0 Å². The quantitative estimate of drug-likeness (QED) is 0.0146. The van der Waals surface area contributed by atoms with Gasteiger partial charge < -0.3 is 34.2 Å². The van der Waals surface area contributed by atoms with Crippen molar-refractivity contribution in [3.05, 3.63) is 182 Å². The molecule has 5 atom stereocenters. The highest BCUT2D eigenvalue weighted by atomic mass is 31.2. The monoisotopic (exact) mass is 1790 g/mol. The first kappa shape index (κ1) is 120. The summed E-state index contributed by atoms with van der Waals surface area (Å²) in [6.07, 6.45) is 129. The van der Waals surface area contributed by atoms with Crippen molar-refractivity contribution in [2.75, 3.05) is 39.6 Å². The molecular formula is C107H182O16P2. The van der Waals surface area contributed by atoms with Crippen LogP contribution in [0.3, 0.4) is 0 Å². The molecule has 0 aromatic heterocycles. The molecule has 4 N–H and O–H groups in total. The highest BCUT2D eigenvalue weighted by molar-refractivity contribution is 7.47. The van der Waals surface area contributed by atoms with Crippen molar-refractivity contribution < 1.29 is 75.8 Å². The smallest absolute Gasteiger partial charge is 0.463 e. The third-order valence-corrected chi connectivity index (χ3v) is 23.0. The lowest BCUT2D eigenvalue weighted by molar-refractivity contribution is -0.161. The first-order valence-corrected chi connectivity index (χ1v) is 53.1. The van der Waals surface area contributed by atoms with E-state index in [1.54, 1.807) is 0 Å². The maximum atomic E-state index is 13.1. The van der Waals surface area contributed by atoms with Gasteiger partial charge in [-0.25, -0.2) is 9.13 Å². The van der Waals surface area contributed by atoms with Crippen LogP contribution in [0.5, 0.6) is 0 Å². The van der Waals surface area contributed by atoms with Gasteiger partial charge in [0.15, 0.2) is 6.10 Å². The molecule has 0 aliphatic heterocycles. The SMILES string of the molecule is CC/C=C\C/C=C\C/C=C\C/C=C\C/C=C\C/C=C\CCCCCCCCCCC(=O)OC(COC(=O)CCCCCCCCCCCCCCC/C=C\C/C=C\C/C=C\C/C=C\C/C=C\CC)COP(=O)(O)OCC(O)COP(=O)(O)OCC(O)COC(=O)CCCCCCCCCCCCCCCCCCC/C=C\C/C=C\C/C=C\C/C=C\CCCCC. The number of rotatable bonds is 94. The number of phosphoric ester groups is 2. The fourth-order valence-electron chi connectivity index (χ4n) is 13.6. The Labute approximate surface area is 764 Å². The van der Waals surface area contributed by atoms with Crippen LogP contribution in [0.2, 0.25) is 0 Å². The van der Waals surface area contributed by atoms with Crippen LogP contribution < -0.4 is 0 Å². The van der Waals surface area contributed by atoms with Crippen molar-refractivity contribution in [1.82, 2.24) is 0 Å². The molecule has 0 saturated heterocycles. The average molecular weight is 1790 g/mol. The number of hydrogen-bond donors (Lipinski definition) is 4. The van der Waals surface area contributed by atoms with E-state index in [-0.39, 0.29) is 19.3 Å². The van der Waals surface area contributed by atoms with Crippen LogP contribution in [0.4, 0.5) is 0 Å². The molecule has 0 fully saturated rings. The zero-order valence-corrected chi connectivity index (χ0v) is 81.0. The number of carbonyl (C=O) groups is 3. The number of allylic oxidation sites excluding steroid dienone is 30. The molecule has 5 unspecified atom stereocenters. The average Bonchev–Trinajstić information content (AvgIpc) is 0.900. The van der Waals surface area contributed by atoms with Crippen LogP contribution >= 0.6 is 15.6 Å². The Bertz CT molecular complexity index is 3000. The number of phosphoric acid groups is 2. The molecule has 0 aromatic carbocycles. The third-order valence-electron chi connectivity index (χ3n) is 21.1. The summed E-state index contributed by atoms with van der Waals surface area (Å²) in [4.78, 5) is 59.2. The van der Waals surface area contributed by atoms with Gasteiger partial charge in [-0.05, 0) is 161 Å². The molecule has 0 radical (unpaired) electrons. The fourth-order valence-corrected chi connectivity index (χ4v) is 15.2. The maximum absolute atomic E-state index is 13.1. The highest BCUT2D eigenvalue weighted by Crippen LogP contribution is 2.45. The van der Waals surface area contributed by atoms with E-state index in [1.807, 2.05) is 0 Å². The molecular weight excluding hydrogens is 1600 g/mol. The summed E-state index contributed by atoms with van der Waals surface area (Å²) in [6.45, 7) is 2.48. The zero-order valence-electron chi connectivity index (χ0n) is 79.2. The predicted molar refractivity (Wildman–Crippen MR) is 528 cm³/mol. The van der Waals surface area contributed by atoms with Gasteiger partial charge in [-0.2, -0.15) is 0 Å². The van der Waals surface area contributed by atoms with Gasteiger partial charge in [-0.15, -0.1) is 0 Å². The Morgan fingerprint density at radius 1 is 0.232 bits per heavy atom. The van der Waals surface area contributed by atoms with Crippen molar-refractivity contribution in [1.29, 1.82) is 0 Å². The summed E-state index contributed by atoms with van der Waals surface area (Å²) in [7, 11) is -9.82. The van der Waals surface area contributed by atoms with Gasteiger partial charge in [-0.3, -0.25) is 32.5 Å². The molecule has 0 heterocycles. The van der Waals surface area contributed by atoms with Crippen LogP contribution in [-0.2, 0) is 55.8 Å². The normalized spacial score (nSPS) is 14.5. The second kappa shape index (κ2) is 97.7. The second-order valence-corrected chi connectivity index (χ2v) is 36.1. The number of unbranched alkanes of at least 4 members (excludes halogenated alkanes) is 41. The van der Waals surface area contributed by atoms with Gasteiger partial charge in [0.25, 0.3) is 0 Å². The standard InChI is InChI=1S/C107H182O16P2/c1-4-7-10-13-16-19-22-25-28-31-34-37-40-43-46-48-49-50-51-53-56-57-60-63-66-69-72-75-78-81-84-87-90-93-105(110)117-96-102(108)97-119-124(113,114)120-98-103(109)99-121-125(115,116)122-101-104(123-107(112)95-92-89-86-83-80-77-74-71-68-65-62-59-54-45-42-39-36-33-30-27-24-21-18-15-12-9-6-3)100-118-106(111)94-91-88-85-82-79-76-73-70-67-64-61-58-55-52-47-44-41-38-35-32-29-26-23-20-17-14-11-8-5-2/h8-9,11-12,16-21,25-30,34-39,43-47,54,62,65,102-104,108-109H,4-7,10,13-15,22-24,31-33,40-42,48-53,55-61,63-64,66-101H2,1-3H3,(H,113,114)(H,115,116)/b11-8-,12-9-,19-16-,20-17-,21-18-,28-25-,29-26-,30-27-,37-34-,38-35-,39-36-,46-43-,47-44-,54-45-,65-62-. The molecule has 0 aliphatic carbocycles. The summed E-state index contributed by atoms with van der Waals surface area (Å²) >= 11 is 0. The lowest BCUT2D eigenvalue weighted by Crippen LogP contribution is -2.30. The first-order valence-electron chi connectivity index (χ1n) is 50.1. The second-order valence-electron chi connectivity index (χ2n) is 33.2. The maximum Gasteiger partial charge on any atom is 0.472 e. The van der Waals surface area contributed by atoms with E-state index in [9.17, 15) is 43.5 Å². The molecule has 125 heavy (non-hydrogen) atoms. The zero-order chi connectivity index (χ0) is 90.7. The van der Waals surface area contributed by atoms with Crippen LogP contribution in [0.1, 0.15) is 419 Å². The van der Waals surface area contributed by atoms with E-state index in [2.05, 4.69) is 203 Å². The molecule has 0 saturated carbocycles. The Morgan fingerprint density at radius 3 is 0.672 bits per heavy atom. The minimum atomic E-state index is -4.95. The molecule has 16 nitrogen and oxygen atoms in total. The van der Waals surface area contributed by atoms with Gasteiger partial charge >= 0.3 is 33.6 Å². The summed E-state index contributed by atoms with van der Waals surface area (Å²) in [5.41, 5.74) is 0. The van der Waals surface area contributed by atoms with Gasteiger partial charge in [0.05, 0.1) is 26.4 Å². The minimum Gasteiger partial charge on any atom is -0.463 e. The third kappa shape index (κ3) is 99.1. The van der Waals surface area contributed by atoms with Crippen molar-refractivity contribution in [3.63, 3.8) is 0 Å². The van der Waals surface area contributed by atoms with Crippen molar-refractivity contribution in [2.45, 2.75) is 437 Å². The van der Waals surface area contributed by atoms with Gasteiger partial charge in [0, 0.05) is 19.3 Å². The Morgan fingerprint density at radius 2 is 0.424 bits per heavy atom. The lowest BCUT2D eigenvalue weighted by Gasteiger charge is -2.21. The van der Waals surface area contributed by atoms with Gasteiger partial charge in [0.1, 0.15) is 25.4 Å². The summed E-state index contributed by atoms with van der Waals surface area (Å²) < 4.78 is 61.7. The molecule has 0 bridgehead atoms. The predicted octanol–water partition coefficient (Wildman–Crippen LogP) is 31.6. The summed E-state index contributed by atoms with van der Waals surface area (Å²) in [5.74, 6) is -1.58. The number of aliphatic hydroxyl groups excluding tert-OH is 2. The lowest BCUT2D eigenvalue weighted by atomic mass is 10.0. The molecule has 0 aromatic rings. The van der Waals surface area contributed by atoms with Crippen LogP contribution in [0.25, 0.3) is 0 Å². The fraction of sp³-hybridized carbons (Fsp3) is 0.692. The van der Waals surface area contributed by atoms with E-state index >= 15 is 0 Å². The highest BCUT2D eigenvalue weighted by Gasteiger charge is 2.30. The number of aliphatic hydroxyl groups is 2. The summed E-state index contributed by atoms with van der Waals surface area (Å²) in [5, 5.41) is 20.8. The minimum absolute atomic E-state index is 0.0892. The largest absolute Gasteiger partial charge is 0.472 e. The van der Waals surface area contributed by atoms with Crippen LogP contribution in [-0.4, -0.2) is 95.9 Å². The molecule has 18 heteroatoms. The van der Waals surface area contributed by atoms with E-state index in [0.717, 1.165) is 186 Å². The van der Waals surface area contributed by atoms with Gasteiger partial charge in [-0.1, -0.05) is 421 Å². The molecule has 0 amide bonds. The number of hydrogen-bond acceptors (Lipinski definition) is 14. The Kier molecular flexibility index (Phi) is 93.5. The topological polar surface area (TPSA) is 231 Å². The number of carbonyl (C=O) groups excluding carboxylic acids is 3. The molecule has 716 valence electrons. The van der Waals surface area contributed by atoms with E-state index in [4.69, 9.17) is 32.3 Å². The van der Waals surface area contributed by atoms with Crippen molar-refractivity contribution >= 4 is 33.6 Å². The van der Waals surface area contributed by atoms with Crippen molar-refractivity contribution in [2.24, 2.45) is 0 Å². The molecule has 0 spiro atoms. The van der Waals surface area contributed by atoms with Crippen LogP contribution in [0.15, 0.2) is 182 Å². The molecule has 0 rings (SSSR count). The van der Waals surface area contributed by atoms with E-state index in [0.29, 0.717) is 19.3 Å². The number of esters is 3. The van der Waals surface area contributed by atoms with Gasteiger partial charge in [0.2, 0.25) is 0 Å². The first-order chi connectivity index (χ1) is 61.2. The Hall–Kier alpha value is -5.35. The summed E-state index contributed by atoms with van der Waals surface area (Å²) in [6, 6.07) is 0. The van der Waals surface area contributed by atoms with Crippen molar-refractivity contribution in [3.8, 4) is 0 Å². The van der Waals surface area contributed by atoms with E-state index < -0.39 is 91.5 Å². The molecule has 0 aliphatic rings. The number of ether oxygens (including phenoxy) is 3. The van der Waals surface area contributed by atoms with E-state index in [1.165, 1.54) is 173 Å². The Balaban J connectivity index is 4.62.